The van der Waals surface area contributed by atoms with E-state index in [1.807, 2.05) is 12.1 Å². The summed E-state index contributed by atoms with van der Waals surface area (Å²) >= 11 is 0. The monoisotopic (exact) mass is 613 g/mol. The van der Waals surface area contributed by atoms with Gasteiger partial charge in [-0.3, -0.25) is 0 Å². The first-order chi connectivity index (χ1) is 23.8. The van der Waals surface area contributed by atoms with Crippen LogP contribution in [0.3, 0.4) is 0 Å². The maximum Gasteiger partial charge on any atom is 0.136 e. The second-order valence-electron chi connectivity index (χ2n) is 12.1. The lowest BCUT2D eigenvalue weighted by Crippen LogP contribution is -2.12. The zero-order chi connectivity index (χ0) is 31.9. The summed E-state index contributed by atoms with van der Waals surface area (Å²) in [4.78, 5) is 2.42. The van der Waals surface area contributed by atoms with Crippen LogP contribution >= 0.6 is 0 Å². The molecule has 9 aromatic rings. The zero-order valence-electron chi connectivity index (χ0n) is 26.3. The van der Waals surface area contributed by atoms with Crippen LogP contribution in [-0.2, 0) is 0 Å². The number of hydrogen-bond donors (Lipinski definition) is 0. The molecule has 0 radical (unpaired) electrons. The molecule has 0 aliphatic carbocycles. The molecule has 2 heteroatoms. The number of benzene rings is 8. The standard InChI is InChI=1S/C46H31NO/c1-2-15-33(16-3-1)38-20-6-9-24-42(38)47(37-19-12-18-35(31-37)36-29-28-32-14-4-5-17-34(32)30-36)43-25-10-7-21-39(43)40-23-13-27-45-46(40)41-22-8-11-26-44(41)48-45/h1-31H. The van der Waals surface area contributed by atoms with Crippen molar-refractivity contribution in [1.82, 2.24) is 0 Å². The van der Waals surface area contributed by atoms with Crippen LogP contribution in [0.2, 0.25) is 0 Å². The quantitative estimate of drug-likeness (QED) is 0.185. The molecule has 0 atom stereocenters. The Hall–Kier alpha value is -6.38. The highest BCUT2D eigenvalue weighted by Gasteiger charge is 2.22. The Kier molecular flexibility index (Phi) is 6.84. The van der Waals surface area contributed by atoms with Gasteiger partial charge in [0.25, 0.3) is 0 Å². The Labute approximate surface area is 279 Å². The van der Waals surface area contributed by atoms with Gasteiger partial charge in [-0.2, -0.15) is 0 Å². The van der Waals surface area contributed by atoms with Crippen LogP contribution in [-0.4, -0.2) is 0 Å². The van der Waals surface area contributed by atoms with Crippen LogP contribution in [0.4, 0.5) is 17.1 Å². The van der Waals surface area contributed by atoms with Gasteiger partial charge in [-0.25, -0.2) is 0 Å². The Morgan fingerprint density at radius 1 is 0.354 bits per heavy atom. The van der Waals surface area contributed by atoms with E-state index in [0.29, 0.717) is 0 Å². The fourth-order valence-electron chi connectivity index (χ4n) is 7.03. The average Bonchev–Trinajstić information content (AvgIpc) is 3.55. The number of anilines is 3. The highest BCUT2D eigenvalue weighted by Crippen LogP contribution is 2.47. The van der Waals surface area contributed by atoms with Gasteiger partial charge in [-0.15, -0.1) is 0 Å². The van der Waals surface area contributed by atoms with Crippen molar-refractivity contribution >= 4 is 49.8 Å². The third kappa shape index (κ3) is 4.83. The van der Waals surface area contributed by atoms with Gasteiger partial charge in [0, 0.05) is 27.6 Å². The van der Waals surface area contributed by atoms with Crippen molar-refractivity contribution < 1.29 is 4.42 Å². The Morgan fingerprint density at radius 2 is 0.958 bits per heavy atom. The molecule has 0 aliphatic heterocycles. The molecule has 9 rings (SSSR count). The number of fused-ring (bicyclic) bond motifs is 4. The van der Waals surface area contributed by atoms with E-state index < -0.39 is 0 Å². The summed E-state index contributed by atoms with van der Waals surface area (Å²) in [6, 6.07) is 67.0. The van der Waals surface area contributed by atoms with Crippen molar-refractivity contribution in [3.63, 3.8) is 0 Å². The number of hydrogen-bond acceptors (Lipinski definition) is 2. The summed E-state index contributed by atoms with van der Waals surface area (Å²) in [7, 11) is 0. The number of rotatable bonds is 6. The van der Waals surface area contributed by atoms with E-state index >= 15 is 0 Å². The first-order valence-corrected chi connectivity index (χ1v) is 16.4. The first kappa shape index (κ1) is 27.9. The normalized spacial score (nSPS) is 11.3. The molecule has 8 aromatic carbocycles. The van der Waals surface area contributed by atoms with Gasteiger partial charge in [0.05, 0.1) is 11.4 Å². The maximum absolute atomic E-state index is 6.34. The van der Waals surface area contributed by atoms with Crippen LogP contribution in [0, 0.1) is 0 Å². The van der Waals surface area contributed by atoms with Crippen molar-refractivity contribution in [3.05, 3.63) is 188 Å². The minimum absolute atomic E-state index is 0.887. The predicted octanol–water partition coefficient (Wildman–Crippen LogP) is 13.2. The molecule has 0 saturated carbocycles. The van der Waals surface area contributed by atoms with Crippen LogP contribution in [0.25, 0.3) is 66.1 Å². The second-order valence-corrected chi connectivity index (χ2v) is 12.1. The van der Waals surface area contributed by atoms with Gasteiger partial charge in [-0.1, -0.05) is 146 Å². The van der Waals surface area contributed by atoms with Gasteiger partial charge in [0.1, 0.15) is 11.2 Å². The van der Waals surface area contributed by atoms with E-state index in [2.05, 4.69) is 181 Å². The van der Waals surface area contributed by atoms with E-state index in [1.54, 1.807) is 0 Å². The highest BCUT2D eigenvalue weighted by molar-refractivity contribution is 6.14. The first-order valence-electron chi connectivity index (χ1n) is 16.4. The molecule has 0 aliphatic rings. The number of para-hydroxylation sites is 3. The number of nitrogens with zero attached hydrogens (tertiary/aromatic N) is 1. The molecule has 1 aromatic heterocycles. The van der Waals surface area contributed by atoms with Crippen molar-refractivity contribution in [2.45, 2.75) is 0 Å². The molecule has 0 saturated heterocycles. The van der Waals surface area contributed by atoms with E-state index in [-0.39, 0.29) is 0 Å². The topological polar surface area (TPSA) is 16.4 Å². The van der Waals surface area contributed by atoms with Crippen LogP contribution in [0.5, 0.6) is 0 Å². The molecular formula is C46H31NO. The van der Waals surface area contributed by atoms with Gasteiger partial charge in [0.2, 0.25) is 0 Å². The molecule has 0 N–H and O–H groups in total. The third-order valence-corrected chi connectivity index (χ3v) is 9.25. The lowest BCUT2D eigenvalue weighted by atomic mass is 9.95. The zero-order valence-corrected chi connectivity index (χ0v) is 26.3. The minimum Gasteiger partial charge on any atom is -0.456 e. The summed E-state index contributed by atoms with van der Waals surface area (Å²) in [6.45, 7) is 0. The smallest absolute Gasteiger partial charge is 0.136 e. The Bertz CT molecular complexity index is 2580. The van der Waals surface area contributed by atoms with Crippen LogP contribution < -0.4 is 4.90 Å². The van der Waals surface area contributed by atoms with Crippen LogP contribution in [0.1, 0.15) is 0 Å². The maximum atomic E-state index is 6.34. The molecule has 0 bridgehead atoms. The average molecular weight is 614 g/mol. The van der Waals surface area contributed by atoms with E-state index in [0.717, 1.165) is 55.7 Å². The minimum atomic E-state index is 0.887. The lowest BCUT2D eigenvalue weighted by Gasteiger charge is -2.30. The predicted molar refractivity (Wildman–Crippen MR) is 202 cm³/mol. The molecule has 1 heterocycles. The lowest BCUT2D eigenvalue weighted by molar-refractivity contribution is 0.669. The van der Waals surface area contributed by atoms with Crippen molar-refractivity contribution in [2.75, 3.05) is 4.90 Å². The second kappa shape index (κ2) is 11.8. The van der Waals surface area contributed by atoms with E-state index in [9.17, 15) is 0 Å². The molecule has 0 amide bonds. The Balaban J connectivity index is 1.30. The van der Waals surface area contributed by atoms with Gasteiger partial charge < -0.3 is 9.32 Å². The van der Waals surface area contributed by atoms with Gasteiger partial charge in [0.15, 0.2) is 0 Å². The molecule has 2 nitrogen and oxygen atoms in total. The highest BCUT2D eigenvalue weighted by atomic mass is 16.3. The molecule has 0 fully saturated rings. The van der Waals surface area contributed by atoms with Gasteiger partial charge in [-0.05, 0) is 75.5 Å². The largest absolute Gasteiger partial charge is 0.456 e. The molecule has 0 spiro atoms. The van der Waals surface area contributed by atoms with E-state index in [1.165, 1.54) is 27.5 Å². The fraction of sp³-hybridized carbons (Fsp3) is 0. The SMILES string of the molecule is c1ccc(-c2ccccc2N(c2cccc(-c3ccc4ccccc4c3)c2)c2ccccc2-c2cccc3oc4ccccc4c23)cc1. The Morgan fingerprint density at radius 3 is 1.83 bits per heavy atom. The molecule has 0 unspecified atom stereocenters. The molecule has 48 heavy (non-hydrogen) atoms. The summed E-state index contributed by atoms with van der Waals surface area (Å²) in [5.74, 6) is 0. The van der Waals surface area contributed by atoms with Crippen molar-refractivity contribution in [1.29, 1.82) is 0 Å². The third-order valence-electron chi connectivity index (χ3n) is 9.25. The van der Waals surface area contributed by atoms with Gasteiger partial charge >= 0.3 is 0 Å². The molecule has 226 valence electrons. The summed E-state index contributed by atoms with van der Waals surface area (Å²) < 4.78 is 6.34. The van der Waals surface area contributed by atoms with Crippen LogP contribution in [0.15, 0.2) is 192 Å². The number of furan rings is 1. The molecular weight excluding hydrogens is 583 g/mol. The van der Waals surface area contributed by atoms with E-state index in [4.69, 9.17) is 4.42 Å². The fourth-order valence-corrected chi connectivity index (χ4v) is 7.03. The summed E-state index contributed by atoms with van der Waals surface area (Å²) in [5.41, 5.74) is 12.0. The summed E-state index contributed by atoms with van der Waals surface area (Å²) in [6.07, 6.45) is 0. The van der Waals surface area contributed by atoms with Crippen molar-refractivity contribution in [2.24, 2.45) is 0 Å². The van der Waals surface area contributed by atoms with Crippen molar-refractivity contribution in [3.8, 4) is 33.4 Å². The summed E-state index contributed by atoms with van der Waals surface area (Å²) in [5, 5.41) is 4.72.